The third-order valence-corrected chi connectivity index (χ3v) is 5.36. The van der Waals surface area contributed by atoms with Crippen LogP contribution in [0.25, 0.3) is 6.08 Å². The molecule has 0 saturated heterocycles. The summed E-state index contributed by atoms with van der Waals surface area (Å²) in [7, 11) is 0. The van der Waals surface area contributed by atoms with Crippen LogP contribution in [0.5, 0.6) is 11.5 Å². The average Bonchev–Trinajstić information content (AvgIpc) is 3.26. The molecule has 0 radical (unpaired) electrons. The molecule has 1 aliphatic carbocycles. The first-order chi connectivity index (χ1) is 15.2. The summed E-state index contributed by atoms with van der Waals surface area (Å²) in [5, 5.41) is 13.8. The Morgan fingerprint density at radius 2 is 1.70 bits per heavy atom. The molecule has 1 N–H and O–H groups in total. The van der Waals surface area contributed by atoms with E-state index in [9.17, 15) is 27.9 Å². The standard InChI is InChI=1S/C24H24F3NO4.Na/c25-24(26,27)19-7-3-4-8-21(19)32-18-12-9-17(10-13-18)15-20(23(30)31)28-22(29)14-11-16-5-1-2-6-16;/h3-4,7-10,12-13,15-16H,1-2,5-6,11,14H2,(H,28,29)(H,30,31);/q;+1/p-1/b20-15-;. The van der Waals surface area contributed by atoms with Gasteiger partial charge >= 0.3 is 35.7 Å². The minimum Gasteiger partial charge on any atom is -0.543 e. The summed E-state index contributed by atoms with van der Waals surface area (Å²) >= 11 is 0. The third-order valence-electron chi connectivity index (χ3n) is 5.36. The van der Waals surface area contributed by atoms with Crippen molar-refractivity contribution in [2.24, 2.45) is 5.92 Å². The maximum absolute atomic E-state index is 13.1. The zero-order chi connectivity index (χ0) is 23.1. The summed E-state index contributed by atoms with van der Waals surface area (Å²) in [6.07, 6.45) is 2.15. The second kappa shape index (κ2) is 12.3. The fourth-order valence-electron chi connectivity index (χ4n) is 3.71. The van der Waals surface area contributed by atoms with Crippen LogP contribution in [0.2, 0.25) is 0 Å². The number of carboxylic acids is 1. The van der Waals surface area contributed by atoms with E-state index in [1.807, 2.05) is 0 Å². The normalized spacial score (nSPS) is 14.5. The number of halogens is 3. The van der Waals surface area contributed by atoms with Gasteiger partial charge in [0.25, 0.3) is 0 Å². The van der Waals surface area contributed by atoms with Gasteiger partial charge in [-0.25, -0.2) is 0 Å². The minimum atomic E-state index is -4.56. The van der Waals surface area contributed by atoms with E-state index in [0.29, 0.717) is 11.5 Å². The van der Waals surface area contributed by atoms with Crippen LogP contribution in [0.15, 0.2) is 54.2 Å². The van der Waals surface area contributed by atoms with E-state index >= 15 is 0 Å². The first kappa shape index (κ1) is 27.0. The average molecular weight is 469 g/mol. The zero-order valence-corrected chi connectivity index (χ0v) is 20.3. The molecule has 0 unspecified atom stereocenters. The molecule has 1 amide bonds. The van der Waals surface area contributed by atoms with E-state index in [1.165, 1.54) is 48.5 Å². The number of carbonyl (C=O) groups excluding carboxylic acids is 2. The molecule has 9 heteroatoms. The van der Waals surface area contributed by atoms with Crippen molar-refractivity contribution in [2.75, 3.05) is 0 Å². The number of amides is 1. The summed E-state index contributed by atoms with van der Waals surface area (Å²) in [5.74, 6) is -1.61. The van der Waals surface area contributed by atoms with Gasteiger partial charge in [-0.15, -0.1) is 0 Å². The Labute approximate surface area is 212 Å². The SMILES string of the molecule is O=C(CCC1CCCC1)N/C(=C\c1ccc(Oc2ccccc2C(F)(F)F)cc1)C(=O)[O-].[Na+]. The molecule has 3 rings (SSSR count). The Morgan fingerprint density at radius 1 is 1.06 bits per heavy atom. The number of hydrogen-bond acceptors (Lipinski definition) is 4. The molecule has 33 heavy (non-hydrogen) atoms. The van der Waals surface area contributed by atoms with Gasteiger partial charge in [0, 0.05) is 6.42 Å². The zero-order valence-electron chi connectivity index (χ0n) is 18.3. The number of nitrogens with one attached hydrogen (secondary N) is 1. The van der Waals surface area contributed by atoms with E-state index in [0.717, 1.165) is 38.2 Å². The molecule has 1 aliphatic rings. The van der Waals surface area contributed by atoms with Crippen molar-refractivity contribution in [3.8, 4) is 11.5 Å². The van der Waals surface area contributed by atoms with Crippen molar-refractivity contribution in [3.05, 3.63) is 65.4 Å². The summed E-state index contributed by atoms with van der Waals surface area (Å²) < 4.78 is 44.6. The summed E-state index contributed by atoms with van der Waals surface area (Å²) in [4.78, 5) is 23.5. The van der Waals surface area contributed by atoms with E-state index in [-0.39, 0.29) is 53.2 Å². The van der Waals surface area contributed by atoms with Crippen LogP contribution in [0.1, 0.15) is 49.7 Å². The van der Waals surface area contributed by atoms with Gasteiger partial charge in [-0.05, 0) is 48.2 Å². The van der Waals surface area contributed by atoms with E-state index in [1.54, 1.807) is 0 Å². The maximum Gasteiger partial charge on any atom is 1.00 e. The molecule has 0 bridgehead atoms. The van der Waals surface area contributed by atoms with Crippen molar-refractivity contribution in [3.63, 3.8) is 0 Å². The smallest absolute Gasteiger partial charge is 0.543 e. The van der Waals surface area contributed by atoms with Gasteiger partial charge in [0.2, 0.25) is 5.91 Å². The Bertz CT molecular complexity index is 984. The fraction of sp³-hybridized carbons (Fsp3) is 0.333. The van der Waals surface area contributed by atoms with Crippen molar-refractivity contribution >= 4 is 18.0 Å². The molecule has 0 atom stereocenters. The topological polar surface area (TPSA) is 78.5 Å². The number of aliphatic carboxylic acids is 1. The molecule has 0 spiro atoms. The monoisotopic (exact) mass is 469 g/mol. The van der Waals surface area contributed by atoms with Gasteiger partial charge in [0.1, 0.15) is 11.5 Å². The maximum atomic E-state index is 13.1. The number of carboxylic acid groups (broad SMARTS) is 1. The summed E-state index contributed by atoms with van der Waals surface area (Å²) in [6, 6.07) is 10.6. The van der Waals surface area contributed by atoms with Crippen LogP contribution in [-0.4, -0.2) is 11.9 Å². The molecule has 5 nitrogen and oxygen atoms in total. The number of ether oxygens (including phenoxy) is 1. The van der Waals surface area contributed by atoms with E-state index < -0.39 is 23.6 Å². The van der Waals surface area contributed by atoms with Gasteiger partial charge < -0.3 is 20.0 Å². The third kappa shape index (κ3) is 8.21. The number of hydrogen-bond donors (Lipinski definition) is 1. The van der Waals surface area contributed by atoms with Gasteiger partial charge in [-0.3, -0.25) is 4.79 Å². The van der Waals surface area contributed by atoms with Crippen molar-refractivity contribution < 1.29 is 62.2 Å². The van der Waals surface area contributed by atoms with Crippen LogP contribution in [0.3, 0.4) is 0 Å². The Balaban J connectivity index is 0.00000385. The molecule has 1 saturated carbocycles. The fourth-order valence-corrected chi connectivity index (χ4v) is 3.71. The number of alkyl halides is 3. The number of para-hydroxylation sites is 1. The molecule has 0 heterocycles. The summed E-state index contributed by atoms with van der Waals surface area (Å²) in [6.45, 7) is 0. The van der Waals surface area contributed by atoms with Crippen molar-refractivity contribution in [1.29, 1.82) is 0 Å². The molecule has 2 aromatic rings. The van der Waals surface area contributed by atoms with Crippen molar-refractivity contribution in [2.45, 2.75) is 44.7 Å². The van der Waals surface area contributed by atoms with E-state index in [2.05, 4.69) is 5.32 Å². The number of rotatable bonds is 8. The molecule has 0 aliphatic heterocycles. The van der Waals surface area contributed by atoms with Gasteiger partial charge in [-0.1, -0.05) is 49.9 Å². The summed E-state index contributed by atoms with van der Waals surface area (Å²) in [5.41, 5.74) is -0.863. The second-order valence-corrected chi connectivity index (χ2v) is 7.75. The quantitative estimate of drug-likeness (QED) is 0.472. The predicted octanol–water partition coefficient (Wildman–Crippen LogP) is 1.68. The molecule has 2 aromatic carbocycles. The van der Waals surface area contributed by atoms with Crippen molar-refractivity contribution in [1.82, 2.24) is 5.32 Å². The van der Waals surface area contributed by atoms with Gasteiger partial charge in [-0.2, -0.15) is 13.2 Å². The second-order valence-electron chi connectivity index (χ2n) is 7.75. The van der Waals surface area contributed by atoms with Crippen LogP contribution in [-0.2, 0) is 15.8 Å². The largest absolute Gasteiger partial charge is 1.00 e. The molecular weight excluding hydrogens is 446 g/mol. The van der Waals surface area contributed by atoms with Crippen LogP contribution >= 0.6 is 0 Å². The molecule has 1 fully saturated rings. The molecule has 170 valence electrons. The Hall–Kier alpha value is -2.29. The van der Waals surface area contributed by atoms with E-state index in [4.69, 9.17) is 4.74 Å². The first-order valence-corrected chi connectivity index (χ1v) is 10.4. The van der Waals surface area contributed by atoms with Gasteiger partial charge in [0.15, 0.2) is 0 Å². The number of carbonyl (C=O) groups is 2. The van der Waals surface area contributed by atoms with Gasteiger partial charge in [0.05, 0.1) is 17.2 Å². The minimum absolute atomic E-state index is 0. The van der Waals surface area contributed by atoms with Crippen LogP contribution < -0.4 is 44.7 Å². The molecule has 0 aromatic heterocycles. The van der Waals surface area contributed by atoms with Crippen LogP contribution in [0.4, 0.5) is 13.2 Å². The Kier molecular flexibility index (Phi) is 10.0. The van der Waals surface area contributed by atoms with Crippen LogP contribution in [0, 0.1) is 5.92 Å². The first-order valence-electron chi connectivity index (χ1n) is 10.4. The molecular formula is C24H23F3NNaO4. The number of benzene rings is 2. The predicted molar refractivity (Wildman–Crippen MR) is 110 cm³/mol. The Morgan fingerprint density at radius 3 is 2.30 bits per heavy atom.